The van der Waals surface area contributed by atoms with Crippen molar-refractivity contribution < 1.29 is 18.0 Å². The molecule has 0 bridgehead atoms. The molecule has 2 N–H and O–H groups in total. The molecule has 0 unspecified atom stereocenters. The molecule has 2 aromatic carbocycles. The summed E-state index contributed by atoms with van der Waals surface area (Å²) in [5, 5.41) is 2.80. The van der Waals surface area contributed by atoms with E-state index in [2.05, 4.69) is 10.0 Å². The Morgan fingerprint density at radius 2 is 1.83 bits per heavy atom. The number of hydrogen-bond donors (Lipinski definition) is 2. The summed E-state index contributed by atoms with van der Waals surface area (Å²) < 4.78 is 27.7. The van der Waals surface area contributed by atoms with Crippen LogP contribution in [0.4, 0.5) is 5.69 Å². The second-order valence-electron chi connectivity index (χ2n) is 7.47. The molecule has 160 valence electrons. The van der Waals surface area contributed by atoms with Gasteiger partial charge >= 0.3 is 0 Å². The minimum atomic E-state index is -3.73. The minimum Gasteiger partial charge on any atom is -0.356 e. The van der Waals surface area contributed by atoms with E-state index in [0.29, 0.717) is 13.0 Å². The molecule has 0 fully saturated rings. The number of fused-ring (bicyclic) bond motifs is 1. The Labute approximate surface area is 177 Å². The van der Waals surface area contributed by atoms with Gasteiger partial charge in [-0.25, -0.2) is 13.1 Å². The van der Waals surface area contributed by atoms with Gasteiger partial charge < -0.3 is 10.2 Å². The third kappa shape index (κ3) is 5.25. The second-order valence-corrected chi connectivity index (χ2v) is 9.23. The summed E-state index contributed by atoms with van der Waals surface area (Å²) in [6.45, 7) is 3.96. The van der Waals surface area contributed by atoms with Crippen molar-refractivity contribution in [3.63, 3.8) is 0 Å². The molecule has 3 rings (SSSR count). The Balaban J connectivity index is 1.50. The number of carbonyl (C=O) groups is 2. The van der Waals surface area contributed by atoms with E-state index in [9.17, 15) is 18.0 Å². The van der Waals surface area contributed by atoms with Gasteiger partial charge in [-0.1, -0.05) is 30.3 Å². The summed E-state index contributed by atoms with van der Waals surface area (Å²) in [5.41, 5.74) is 2.72. The lowest BCUT2D eigenvalue weighted by Crippen LogP contribution is -2.33. The van der Waals surface area contributed by atoms with Crippen LogP contribution in [0.5, 0.6) is 0 Å². The zero-order valence-electron chi connectivity index (χ0n) is 17.2. The standard InChI is InChI=1S/C22H27N3O4S/c1-16-14-19-15-20(8-9-21(19)25(16)17(2)26)30(28,29)24-13-11-22(27)23-12-10-18-6-4-3-5-7-18/h3-9,15-16,24H,10-14H2,1-2H3,(H,23,27)/t16-/m0/s1. The highest BCUT2D eigenvalue weighted by Gasteiger charge is 2.30. The molecule has 30 heavy (non-hydrogen) atoms. The van der Waals surface area contributed by atoms with Gasteiger partial charge in [0.15, 0.2) is 0 Å². The highest BCUT2D eigenvalue weighted by molar-refractivity contribution is 7.89. The van der Waals surface area contributed by atoms with Crippen molar-refractivity contribution >= 4 is 27.5 Å². The number of amides is 2. The number of nitrogens with zero attached hydrogens (tertiary/aromatic N) is 1. The molecule has 0 radical (unpaired) electrons. The molecule has 0 saturated carbocycles. The largest absolute Gasteiger partial charge is 0.356 e. The van der Waals surface area contributed by atoms with Crippen LogP contribution in [0.2, 0.25) is 0 Å². The zero-order valence-corrected chi connectivity index (χ0v) is 18.0. The summed E-state index contributed by atoms with van der Waals surface area (Å²) in [4.78, 5) is 25.6. The van der Waals surface area contributed by atoms with Gasteiger partial charge in [-0.3, -0.25) is 9.59 Å². The summed E-state index contributed by atoms with van der Waals surface area (Å²) in [5.74, 6) is -0.262. The Hall–Kier alpha value is -2.71. The Bertz CT molecular complexity index is 1020. The molecular formula is C22H27N3O4S. The fourth-order valence-electron chi connectivity index (χ4n) is 3.72. The molecule has 0 saturated heterocycles. The third-order valence-corrected chi connectivity index (χ3v) is 6.60. The summed E-state index contributed by atoms with van der Waals surface area (Å²) >= 11 is 0. The molecule has 7 nitrogen and oxygen atoms in total. The average Bonchev–Trinajstić information content (AvgIpc) is 3.03. The van der Waals surface area contributed by atoms with Gasteiger partial charge in [-0.15, -0.1) is 0 Å². The van der Waals surface area contributed by atoms with E-state index in [-0.39, 0.29) is 35.7 Å². The van der Waals surface area contributed by atoms with E-state index in [0.717, 1.165) is 23.2 Å². The summed E-state index contributed by atoms with van der Waals surface area (Å²) in [7, 11) is -3.73. The van der Waals surface area contributed by atoms with Gasteiger partial charge in [0.05, 0.1) is 4.90 Å². The second kappa shape index (κ2) is 9.40. The van der Waals surface area contributed by atoms with E-state index in [1.807, 2.05) is 37.3 Å². The minimum absolute atomic E-state index is 0.00277. The summed E-state index contributed by atoms with van der Waals surface area (Å²) in [6.07, 6.45) is 1.40. The first kappa shape index (κ1) is 22.0. The molecule has 0 aromatic heterocycles. The Kier molecular flexibility index (Phi) is 6.89. The monoisotopic (exact) mass is 429 g/mol. The smallest absolute Gasteiger partial charge is 0.240 e. The van der Waals surface area contributed by atoms with Crippen molar-refractivity contribution in [3.8, 4) is 0 Å². The van der Waals surface area contributed by atoms with Crippen LogP contribution in [0.25, 0.3) is 0 Å². The van der Waals surface area contributed by atoms with Gasteiger partial charge in [0, 0.05) is 38.2 Å². The molecular weight excluding hydrogens is 402 g/mol. The first-order valence-electron chi connectivity index (χ1n) is 10.0. The van der Waals surface area contributed by atoms with Crippen LogP contribution in [0.3, 0.4) is 0 Å². The normalized spacial score (nSPS) is 15.7. The molecule has 1 aliphatic rings. The van der Waals surface area contributed by atoms with Crippen LogP contribution in [-0.4, -0.2) is 39.4 Å². The Morgan fingerprint density at radius 3 is 2.53 bits per heavy atom. The SMILES string of the molecule is CC(=O)N1c2ccc(S(=O)(=O)NCCC(=O)NCCc3ccccc3)cc2C[C@@H]1C. The van der Waals surface area contributed by atoms with E-state index in [1.165, 1.54) is 13.0 Å². The predicted molar refractivity (Wildman–Crippen MR) is 116 cm³/mol. The van der Waals surface area contributed by atoms with E-state index < -0.39 is 10.0 Å². The van der Waals surface area contributed by atoms with Crippen molar-refractivity contribution in [2.45, 2.75) is 44.0 Å². The number of anilines is 1. The van der Waals surface area contributed by atoms with Crippen LogP contribution < -0.4 is 14.9 Å². The van der Waals surface area contributed by atoms with Crippen molar-refractivity contribution in [1.82, 2.24) is 10.0 Å². The maximum absolute atomic E-state index is 12.6. The highest BCUT2D eigenvalue weighted by atomic mass is 32.2. The Morgan fingerprint density at radius 1 is 1.10 bits per heavy atom. The molecule has 1 heterocycles. The molecule has 0 aliphatic carbocycles. The lowest BCUT2D eigenvalue weighted by atomic mass is 10.1. The number of carbonyl (C=O) groups excluding carboxylic acids is 2. The van der Waals surface area contributed by atoms with Gasteiger partial charge in [-0.05, 0) is 49.1 Å². The number of benzene rings is 2. The van der Waals surface area contributed by atoms with Crippen LogP contribution in [0, 0.1) is 0 Å². The molecule has 2 aromatic rings. The fourth-order valence-corrected chi connectivity index (χ4v) is 4.80. The van der Waals surface area contributed by atoms with E-state index >= 15 is 0 Å². The maximum atomic E-state index is 12.6. The molecule has 1 atom stereocenters. The van der Waals surface area contributed by atoms with Crippen LogP contribution in [-0.2, 0) is 32.5 Å². The first-order chi connectivity index (χ1) is 14.3. The fraction of sp³-hybridized carbons (Fsp3) is 0.364. The van der Waals surface area contributed by atoms with Crippen LogP contribution >= 0.6 is 0 Å². The lowest BCUT2D eigenvalue weighted by molar-refractivity contribution is -0.121. The number of nitrogens with one attached hydrogen (secondary N) is 2. The average molecular weight is 430 g/mol. The van der Waals surface area contributed by atoms with Crippen molar-refractivity contribution in [2.24, 2.45) is 0 Å². The van der Waals surface area contributed by atoms with Gasteiger partial charge in [-0.2, -0.15) is 0 Å². The van der Waals surface area contributed by atoms with Gasteiger partial charge in [0.25, 0.3) is 0 Å². The molecule has 2 amide bonds. The number of sulfonamides is 1. The summed E-state index contributed by atoms with van der Waals surface area (Å²) in [6, 6.07) is 14.6. The highest BCUT2D eigenvalue weighted by Crippen LogP contribution is 2.33. The zero-order chi connectivity index (χ0) is 21.7. The van der Waals surface area contributed by atoms with Gasteiger partial charge in [0.1, 0.15) is 0 Å². The van der Waals surface area contributed by atoms with E-state index in [1.54, 1.807) is 17.0 Å². The first-order valence-corrected chi connectivity index (χ1v) is 11.5. The van der Waals surface area contributed by atoms with Gasteiger partial charge in [0.2, 0.25) is 21.8 Å². The van der Waals surface area contributed by atoms with E-state index in [4.69, 9.17) is 0 Å². The lowest BCUT2D eigenvalue weighted by Gasteiger charge is -2.20. The maximum Gasteiger partial charge on any atom is 0.240 e. The van der Waals surface area contributed by atoms with Crippen molar-refractivity contribution in [1.29, 1.82) is 0 Å². The van der Waals surface area contributed by atoms with Crippen molar-refractivity contribution in [2.75, 3.05) is 18.0 Å². The predicted octanol–water partition coefficient (Wildman–Crippen LogP) is 2.01. The quantitative estimate of drug-likeness (QED) is 0.671. The van der Waals surface area contributed by atoms with Crippen LogP contribution in [0.15, 0.2) is 53.4 Å². The van der Waals surface area contributed by atoms with Crippen molar-refractivity contribution in [3.05, 3.63) is 59.7 Å². The van der Waals surface area contributed by atoms with Crippen LogP contribution in [0.1, 0.15) is 31.4 Å². The molecule has 1 aliphatic heterocycles. The third-order valence-electron chi connectivity index (χ3n) is 5.14. The molecule has 8 heteroatoms. The topological polar surface area (TPSA) is 95.6 Å². The molecule has 0 spiro atoms. The number of hydrogen-bond acceptors (Lipinski definition) is 4. The number of rotatable bonds is 8.